The fourth-order valence-electron chi connectivity index (χ4n) is 3.24. The second kappa shape index (κ2) is 12.0. The van der Waals surface area contributed by atoms with E-state index in [-0.39, 0.29) is 22.2 Å². The van der Waals surface area contributed by atoms with E-state index >= 15 is 0 Å². The average molecular weight is 474 g/mol. The van der Waals surface area contributed by atoms with E-state index in [1.165, 1.54) is 12.3 Å². The zero-order valence-corrected chi connectivity index (χ0v) is 19.8. The van der Waals surface area contributed by atoms with Gasteiger partial charge in [-0.05, 0) is 38.0 Å². The summed E-state index contributed by atoms with van der Waals surface area (Å²) in [7, 11) is 0. The van der Waals surface area contributed by atoms with Crippen molar-refractivity contribution in [1.82, 2.24) is 10.7 Å². The minimum absolute atomic E-state index is 0.0407. The van der Waals surface area contributed by atoms with Crippen molar-refractivity contribution >= 4 is 41.0 Å². The SMILES string of the molecule is CCN(CC)c1ccc(/C=N\NC(=O)C(NC(=O)c2ccccc2Cl)C(C)C)cc1[N+](=O)[O-]. The topological polar surface area (TPSA) is 117 Å². The first-order valence-electron chi connectivity index (χ1n) is 10.6. The van der Waals surface area contributed by atoms with Crippen LogP contribution < -0.4 is 15.6 Å². The van der Waals surface area contributed by atoms with Crippen LogP contribution >= 0.6 is 11.6 Å². The molecule has 0 aromatic heterocycles. The Morgan fingerprint density at radius 3 is 2.42 bits per heavy atom. The average Bonchev–Trinajstić information content (AvgIpc) is 2.78. The number of carbonyl (C=O) groups excluding carboxylic acids is 2. The molecule has 0 fully saturated rings. The lowest BCUT2D eigenvalue weighted by atomic mass is 10.0. The van der Waals surface area contributed by atoms with Crippen LogP contribution in [0.4, 0.5) is 11.4 Å². The Morgan fingerprint density at radius 1 is 1.18 bits per heavy atom. The number of halogens is 1. The number of nitrogens with zero attached hydrogens (tertiary/aromatic N) is 3. The van der Waals surface area contributed by atoms with E-state index < -0.39 is 22.8 Å². The van der Waals surface area contributed by atoms with E-state index in [0.717, 1.165) is 0 Å². The molecule has 2 amide bonds. The minimum Gasteiger partial charge on any atom is -0.367 e. The fourth-order valence-corrected chi connectivity index (χ4v) is 3.46. The van der Waals surface area contributed by atoms with Gasteiger partial charge in [0, 0.05) is 24.7 Å². The van der Waals surface area contributed by atoms with Gasteiger partial charge in [0.25, 0.3) is 17.5 Å². The standard InChI is InChI=1S/C23H28ClN5O4/c1-5-28(6-2)19-12-11-16(13-20(19)29(32)33)14-25-27-23(31)21(15(3)4)26-22(30)17-9-7-8-10-18(17)24/h7-15,21H,5-6H2,1-4H3,(H,26,30)(H,27,31)/b25-14-. The summed E-state index contributed by atoms with van der Waals surface area (Å²) in [5.41, 5.74) is 3.60. The second-order valence-corrected chi connectivity index (χ2v) is 7.99. The quantitative estimate of drug-likeness (QED) is 0.307. The number of hydrazone groups is 1. The molecule has 2 N–H and O–H groups in total. The van der Waals surface area contributed by atoms with Crippen molar-refractivity contribution in [3.05, 3.63) is 68.7 Å². The second-order valence-electron chi connectivity index (χ2n) is 7.59. The summed E-state index contributed by atoms with van der Waals surface area (Å²) in [6.07, 6.45) is 1.32. The summed E-state index contributed by atoms with van der Waals surface area (Å²) in [6, 6.07) is 10.5. The third kappa shape index (κ3) is 6.76. The van der Waals surface area contributed by atoms with Crippen LogP contribution in [0.15, 0.2) is 47.6 Å². The molecule has 1 atom stereocenters. The smallest absolute Gasteiger partial charge is 0.293 e. The maximum Gasteiger partial charge on any atom is 0.293 e. The number of carbonyl (C=O) groups is 2. The number of hydrogen-bond acceptors (Lipinski definition) is 6. The summed E-state index contributed by atoms with van der Waals surface area (Å²) < 4.78 is 0. The molecular weight excluding hydrogens is 446 g/mol. The Hall–Kier alpha value is -3.46. The van der Waals surface area contributed by atoms with Crippen LogP contribution in [0.1, 0.15) is 43.6 Å². The van der Waals surface area contributed by atoms with E-state index in [4.69, 9.17) is 11.6 Å². The molecule has 176 valence electrons. The Labute approximate surface area is 198 Å². The molecule has 0 spiro atoms. The zero-order chi connectivity index (χ0) is 24.5. The number of amides is 2. The van der Waals surface area contributed by atoms with Gasteiger partial charge in [0.2, 0.25) is 0 Å². The van der Waals surface area contributed by atoms with Gasteiger partial charge in [-0.3, -0.25) is 19.7 Å². The first kappa shape index (κ1) is 25.8. The van der Waals surface area contributed by atoms with Gasteiger partial charge in [0.05, 0.1) is 21.7 Å². The molecule has 2 aromatic rings. The zero-order valence-electron chi connectivity index (χ0n) is 19.0. The number of nitro groups is 1. The number of nitrogens with one attached hydrogen (secondary N) is 2. The van der Waals surface area contributed by atoms with Crippen molar-refractivity contribution in [2.75, 3.05) is 18.0 Å². The molecule has 2 aromatic carbocycles. The normalized spacial score (nSPS) is 11.9. The van der Waals surface area contributed by atoms with Crippen LogP contribution in [0, 0.1) is 16.0 Å². The number of hydrogen-bond donors (Lipinski definition) is 2. The molecule has 0 radical (unpaired) electrons. The first-order chi connectivity index (χ1) is 15.7. The molecule has 0 aliphatic heterocycles. The van der Waals surface area contributed by atoms with E-state index in [1.54, 1.807) is 50.2 Å². The molecule has 0 bridgehead atoms. The Bertz CT molecular complexity index is 1040. The van der Waals surface area contributed by atoms with Crippen LogP contribution in [0.2, 0.25) is 5.02 Å². The number of anilines is 1. The monoisotopic (exact) mass is 473 g/mol. The summed E-state index contributed by atoms with van der Waals surface area (Å²) in [5, 5.41) is 18.4. The van der Waals surface area contributed by atoms with Gasteiger partial charge in [-0.15, -0.1) is 0 Å². The highest BCUT2D eigenvalue weighted by Crippen LogP contribution is 2.28. The third-order valence-electron chi connectivity index (χ3n) is 5.04. The molecule has 0 aliphatic carbocycles. The van der Waals surface area contributed by atoms with Crippen LogP contribution in [0.25, 0.3) is 0 Å². The molecule has 0 heterocycles. The number of benzene rings is 2. The van der Waals surface area contributed by atoms with Gasteiger partial charge in [0.15, 0.2) is 0 Å². The predicted molar refractivity (Wildman–Crippen MR) is 130 cm³/mol. The minimum atomic E-state index is -0.856. The maximum absolute atomic E-state index is 12.6. The summed E-state index contributed by atoms with van der Waals surface area (Å²) in [5.74, 6) is -1.21. The molecule has 0 aliphatic rings. The Kier molecular flexibility index (Phi) is 9.35. The van der Waals surface area contributed by atoms with Gasteiger partial charge < -0.3 is 10.2 Å². The number of nitro benzene ring substituents is 1. The Morgan fingerprint density at radius 2 is 1.85 bits per heavy atom. The molecule has 1 unspecified atom stereocenters. The van der Waals surface area contributed by atoms with E-state index in [0.29, 0.717) is 24.3 Å². The lowest BCUT2D eigenvalue weighted by Crippen LogP contribution is -2.48. The van der Waals surface area contributed by atoms with Crippen LogP contribution in [0.5, 0.6) is 0 Å². The third-order valence-corrected chi connectivity index (χ3v) is 5.37. The van der Waals surface area contributed by atoms with Gasteiger partial charge >= 0.3 is 0 Å². The summed E-state index contributed by atoms with van der Waals surface area (Å²) in [4.78, 5) is 38.1. The van der Waals surface area contributed by atoms with Gasteiger partial charge in [-0.25, -0.2) is 5.43 Å². The fraction of sp³-hybridized carbons (Fsp3) is 0.348. The van der Waals surface area contributed by atoms with Gasteiger partial charge in [-0.1, -0.05) is 43.6 Å². The maximum atomic E-state index is 12.6. The highest BCUT2D eigenvalue weighted by Gasteiger charge is 2.25. The predicted octanol–water partition coefficient (Wildman–Crippen LogP) is 4.00. The van der Waals surface area contributed by atoms with E-state index in [1.807, 2.05) is 18.7 Å². The molecule has 2 rings (SSSR count). The van der Waals surface area contributed by atoms with Gasteiger partial charge in [0.1, 0.15) is 11.7 Å². The van der Waals surface area contributed by atoms with Crippen molar-refractivity contribution < 1.29 is 14.5 Å². The summed E-state index contributed by atoms with van der Waals surface area (Å²) in [6.45, 7) is 8.70. The lowest BCUT2D eigenvalue weighted by molar-refractivity contribution is -0.384. The molecule has 33 heavy (non-hydrogen) atoms. The first-order valence-corrected chi connectivity index (χ1v) is 11.0. The largest absolute Gasteiger partial charge is 0.367 e. The number of rotatable bonds is 10. The molecule has 0 saturated carbocycles. The Balaban J connectivity index is 2.13. The van der Waals surface area contributed by atoms with Crippen molar-refractivity contribution in [3.8, 4) is 0 Å². The molecule has 0 saturated heterocycles. The van der Waals surface area contributed by atoms with Crippen molar-refractivity contribution in [2.24, 2.45) is 11.0 Å². The van der Waals surface area contributed by atoms with Crippen molar-refractivity contribution in [3.63, 3.8) is 0 Å². The highest BCUT2D eigenvalue weighted by molar-refractivity contribution is 6.33. The van der Waals surface area contributed by atoms with Crippen LogP contribution in [-0.4, -0.2) is 42.1 Å². The van der Waals surface area contributed by atoms with Crippen LogP contribution in [0.3, 0.4) is 0 Å². The summed E-state index contributed by atoms with van der Waals surface area (Å²) >= 11 is 6.06. The van der Waals surface area contributed by atoms with Crippen LogP contribution in [-0.2, 0) is 4.79 Å². The van der Waals surface area contributed by atoms with E-state index in [2.05, 4.69) is 15.8 Å². The highest BCUT2D eigenvalue weighted by atomic mass is 35.5. The van der Waals surface area contributed by atoms with Crippen molar-refractivity contribution in [2.45, 2.75) is 33.7 Å². The lowest BCUT2D eigenvalue weighted by Gasteiger charge is -2.21. The molecule has 9 nitrogen and oxygen atoms in total. The van der Waals surface area contributed by atoms with E-state index in [9.17, 15) is 19.7 Å². The van der Waals surface area contributed by atoms with Gasteiger partial charge in [-0.2, -0.15) is 5.10 Å². The molecular formula is C23H28ClN5O4. The van der Waals surface area contributed by atoms with Crippen molar-refractivity contribution in [1.29, 1.82) is 0 Å². The molecule has 10 heteroatoms.